The minimum atomic E-state index is -2.88. The highest BCUT2D eigenvalue weighted by atomic mass is 32.2. The van der Waals surface area contributed by atoms with Gasteiger partial charge in [0.15, 0.2) is 9.84 Å². The van der Waals surface area contributed by atoms with Gasteiger partial charge in [-0.05, 0) is 13.3 Å². The van der Waals surface area contributed by atoms with Crippen molar-refractivity contribution in [3.63, 3.8) is 0 Å². The summed E-state index contributed by atoms with van der Waals surface area (Å²) in [7, 11) is -2.88. The topological polar surface area (TPSA) is 55.4 Å². The van der Waals surface area contributed by atoms with Crippen LogP contribution in [0.2, 0.25) is 0 Å². The van der Waals surface area contributed by atoms with Gasteiger partial charge in [0, 0.05) is 18.8 Å². The summed E-state index contributed by atoms with van der Waals surface area (Å²) in [6, 6.07) is 0. The molecule has 0 saturated carbocycles. The number of hydrogen-bond acceptors (Lipinski definition) is 4. The Morgan fingerprint density at radius 1 is 1.36 bits per heavy atom. The largest absolute Gasteiger partial charge is 0.372 e. The van der Waals surface area contributed by atoms with Crippen molar-refractivity contribution >= 4 is 9.84 Å². The first kappa shape index (κ1) is 11.9. The van der Waals surface area contributed by atoms with Gasteiger partial charge in [0.1, 0.15) is 0 Å². The monoisotopic (exact) mass is 221 g/mol. The van der Waals surface area contributed by atoms with Crippen LogP contribution in [-0.2, 0) is 14.6 Å². The second-order valence-electron chi connectivity index (χ2n) is 4.05. The fourth-order valence-electron chi connectivity index (χ4n) is 1.41. The second-order valence-corrected chi connectivity index (χ2v) is 6.36. The van der Waals surface area contributed by atoms with Crippen molar-refractivity contribution in [3.05, 3.63) is 0 Å². The van der Waals surface area contributed by atoms with Crippen LogP contribution >= 0.6 is 0 Å². The van der Waals surface area contributed by atoms with Gasteiger partial charge in [-0.25, -0.2) is 8.42 Å². The van der Waals surface area contributed by atoms with Crippen LogP contribution in [0.4, 0.5) is 0 Å². The predicted molar refractivity (Wildman–Crippen MR) is 56.2 cm³/mol. The molecule has 0 amide bonds. The van der Waals surface area contributed by atoms with Crippen LogP contribution in [0.15, 0.2) is 0 Å². The Kier molecular flexibility index (Phi) is 3.92. The highest BCUT2D eigenvalue weighted by Crippen LogP contribution is 2.14. The Balaban J connectivity index is 2.20. The zero-order chi connectivity index (χ0) is 10.7. The van der Waals surface area contributed by atoms with E-state index in [0.29, 0.717) is 13.0 Å². The molecular formula is C9H19NO3S. The Labute approximate surface area is 85.9 Å². The lowest BCUT2D eigenvalue weighted by molar-refractivity contribution is -0.0598. The van der Waals surface area contributed by atoms with E-state index in [1.165, 1.54) is 0 Å². The molecule has 1 heterocycles. The fourth-order valence-corrected chi connectivity index (χ4v) is 2.57. The Hall–Kier alpha value is -0.130. The third kappa shape index (κ3) is 3.55. The SMILES string of the molecule is CCCS(=O)(=O)CCOC1(C)CNC1. The summed E-state index contributed by atoms with van der Waals surface area (Å²) in [6.07, 6.45) is 0.682. The summed E-state index contributed by atoms with van der Waals surface area (Å²) in [5, 5.41) is 3.10. The summed E-state index contributed by atoms with van der Waals surface area (Å²) in [6.45, 7) is 5.83. The molecule has 0 aromatic heterocycles. The number of nitrogens with one attached hydrogen (secondary N) is 1. The van der Waals surface area contributed by atoms with Gasteiger partial charge in [0.2, 0.25) is 0 Å². The first-order chi connectivity index (χ1) is 6.47. The van der Waals surface area contributed by atoms with Gasteiger partial charge in [0.05, 0.1) is 18.0 Å². The molecular weight excluding hydrogens is 202 g/mol. The van der Waals surface area contributed by atoms with Crippen LogP contribution in [0.25, 0.3) is 0 Å². The number of sulfone groups is 1. The van der Waals surface area contributed by atoms with Crippen molar-refractivity contribution in [2.24, 2.45) is 0 Å². The zero-order valence-electron chi connectivity index (χ0n) is 8.88. The zero-order valence-corrected chi connectivity index (χ0v) is 9.69. The van der Waals surface area contributed by atoms with Crippen molar-refractivity contribution < 1.29 is 13.2 Å². The van der Waals surface area contributed by atoms with E-state index in [0.717, 1.165) is 13.1 Å². The van der Waals surface area contributed by atoms with Crippen molar-refractivity contribution in [3.8, 4) is 0 Å². The van der Waals surface area contributed by atoms with Crippen LogP contribution in [0.5, 0.6) is 0 Å². The molecule has 1 N–H and O–H groups in total. The maximum atomic E-state index is 11.3. The predicted octanol–water partition coefficient (Wildman–Crippen LogP) is 0.190. The van der Waals surface area contributed by atoms with Crippen LogP contribution in [-0.4, -0.2) is 45.2 Å². The maximum Gasteiger partial charge on any atom is 0.152 e. The number of ether oxygens (including phenoxy) is 1. The minimum absolute atomic E-state index is 0.137. The van der Waals surface area contributed by atoms with Crippen molar-refractivity contribution in [2.75, 3.05) is 31.2 Å². The molecule has 0 atom stereocenters. The van der Waals surface area contributed by atoms with Gasteiger partial charge in [-0.15, -0.1) is 0 Å². The van der Waals surface area contributed by atoms with E-state index < -0.39 is 9.84 Å². The lowest BCUT2D eigenvalue weighted by Gasteiger charge is -2.39. The molecule has 1 rings (SSSR count). The summed E-state index contributed by atoms with van der Waals surface area (Å²) in [4.78, 5) is 0. The first-order valence-electron chi connectivity index (χ1n) is 5.02. The Bertz CT molecular complexity index is 270. The summed E-state index contributed by atoms with van der Waals surface area (Å²) in [5.74, 6) is 0.418. The normalized spacial score (nSPS) is 20.4. The molecule has 1 fully saturated rings. The summed E-state index contributed by atoms with van der Waals surface area (Å²) < 4.78 is 28.2. The van der Waals surface area contributed by atoms with E-state index in [2.05, 4.69) is 5.32 Å². The average molecular weight is 221 g/mol. The smallest absolute Gasteiger partial charge is 0.152 e. The minimum Gasteiger partial charge on any atom is -0.372 e. The second kappa shape index (κ2) is 4.59. The van der Waals surface area contributed by atoms with Crippen LogP contribution in [0.3, 0.4) is 0 Å². The molecule has 14 heavy (non-hydrogen) atoms. The molecule has 0 aromatic carbocycles. The number of rotatable bonds is 6. The molecule has 0 bridgehead atoms. The van der Waals surface area contributed by atoms with Crippen molar-refractivity contribution in [1.29, 1.82) is 0 Å². The first-order valence-corrected chi connectivity index (χ1v) is 6.85. The van der Waals surface area contributed by atoms with Gasteiger partial charge >= 0.3 is 0 Å². The third-order valence-electron chi connectivity index (χ3n) is 2.36. The fraction of sp³-hybridized carbons (Fsp3) is 1.00. The molecule has 5 heteroatoms. The maximum absolute atomic E-state index is 11.3. The van der Waals surface area contributed by atoms with E-state index in [-0.39, 0.29) is 17.1 Å². The Morgan fingerprint density at radius 3 is 2.43 bits per heavy atom. The van der Waals surface area contributed by atoms with Crippen molar-refractivity contribution in [1.82, 2.24) is 5.32 Å². The molecule has 0 aliphatic carbocycles. The Morgan fingerprint density at radius 2 is 2.00 bits per heavy atom. The molecule has 1 saturated heterocycles. The summed E-state index contributed by atoms with van der Waals surface area (Å²) >= 11 is 0. The molecule has 1 aliphatic rings. The molecule has 1 aliphatic heterocycles. The van der Waals surface area contributed by atoms with Gasteiger partial charge in [-0.2, -0.15) is 0 Å². The molecule has 0 aromatic rings. The molecule has 0 radical (unpaired) electrons. The summed E-state index contributed by atoms with van der Waals surface area (Å²) in [5.41, 5.74) is -0.137. The van der Waals surface area contributed by atoms with Crippen LogP contribution < -0.4 is 5.32 Å². The van der Waals surface area contributed by atoms with E-state index in [4.69, 9.17) is 4.74 Å². The highest BCUT2D eigenvalue weighted by Gasteiger charge is 2.32. The quantitative estimate of drug-likeness (QED) is 0.695. The van der Waals surface area contributed by atoms with Gasteiger partial charge in [-0.3, -0.25) is 0 Å². The van der Waals surface area contributed by atoms with E-state index >= 15 is 0 Å². The average Bonchev–Trinajstić information content (AvgIpc) is 2.00. The van der Waals surface area contributed by atoms with Crippen LogP contribution in [0.1, 0.15) is 20.3 Å². The van der Waals surface area contributed by atoms with E-state index in [9.17, 15) is 8.42 Å². The molecule has 84 valence electrons. The molecule has 4 nitrogen and oxygen atoms in total. The standard InChI is InChI=1S/C9H19NO3S/c1-3-5-14(11,12)6-4-13-9(2)7-10-8-9/h10H,3-8H2,1-2H3. The van der Waals surface area contributed by atoms with E-state index in [1.54, 1.807) is 0 Å². The van der Waals surface area contributed by atoms with Gasteiger partial charge < -0.3 is 10.1 Å². The van der Waals surface area contributed by atoms with Gasteiger partial charge in [-0.1, -0.05) is 6.92 Å². The highest BCUT2D eigenvalue weighted by molar-refractivity contribution is 7.91. The lowest BCUT2D eigenvalue weighted by Crippen LogP contribution is -2.59. The van der Waals surface area contributed by atoms with Crippen LogP contribution in [0, 0.1) is 0 Å². The number of hydrogen-bond donors (Lipinski definition) is 1. The molecule has 0 spiro atoms. The third-order valence-corrected chi connectivity index (χ3v) is 4.18. The van der Waals surface area contributed by atoms with Crippen molar-refractivity contribution in [2.45, 2.75) is 25.9 Å². The lowest BCUT2D eigenvalue weighted by atomic mass is 10.0. The van der Waals surface area contributed by atoms with E-state index in [1.807, 2.05) is 13.8 Å². The van der Waals surface area contributed by atoms with Gasteiger partial charge in [0.25, 0.3) is 0 Å². The molecule has 0 unspecified atom stereocenters.